The van der Waals surface area contributed by atoms with Gasteiger partial charge in [-0.1, -0.05) is 20.3 Å². The van der Waals surface area contributed by atoms with Crippen molar-refractivity contribution in [1.82, 2.24) is 10.2 Å². The first-order chi connectivity index (χ1) is 6.76. The summed E-state index contributed by atoms with van der Waals surface area (Å²) in [5.41, 5.74) is 0. The van der Waals surface area contributed by atoms with Gasteiger partial charge in [-0.3, -0.25) is 0 Å². The van der Waals surface area contributed by atoms with Crippen molar-refractivity contribution in [2.24, 2.45) is 0 Å². The van der Waals surface area contributed by atoms with Crippen LogP contribution in [0.5, 0.6) is 0 Å². The number of unbranched alkanes of at least 4 members (excludes halogenated alkanes) is 1. The van der Waals surface area contributed by atoms with Gasteiger partial charge >= 0.3 is 0 Å². The van der Waals surface area contributed by atoms with Crippen LogP contribution in [-0.2, 0) is 0 Å². The molecule has 0 spiro atoms. The largest absolute Gasteiger partial charge is 0.320 e. The highest BCUT2D eigenvalue weighted by atomic mass is 15.1. The molecule has 1 unspecified atom stereocenters. The topological polar surface area (TPSA) is 15.3 Å². The summed E-state index contributed by atoms with van der Waals surface area (Å²) in [7, 11) is 2.03. The van der Waals surface area contributed by atoms with Crippen LogP contribution in [0, 0.1) is 0 Å². The molecule has 0 saturated carbocycles. The lowest BCUT2D eigenvalue weighted by molar-refractivity contribution is 0.204. The van der Waals surface area contributed by atoms with E-state index >= 15 is 0 Å². The van der Waals surface area contributed by atoms with Crippen molar-refractivity contribution in [1.29, 1.82) is 0 Å². The van der Waals surface area contributed by atoms with E-state index in [9.17, 15) is 0 Å². The molecule has 0 fully saturated rings. The van der Waals surface area contributed by atoms with Crippen molar-refractivity contribution in [3.8, 4) is 0 Å². The van der Waals surface area contributed by atoms with Gasteiger partial charge in [0.25, 0.3) is 0 Å². The van der Waals surface area contributed by atoms with Crippen molar-refractivity contribution in [3.05, 3.63) is 0 Å². The molecule has 0 aliphatic carbocycles. The lowest BCUT2D eigenvalue weighted by atomic mass is 10.1. The third-order valence-electron chi connectivity index (χ3n) is 2.88. The fraction of sp³-hybridized carbons (Fsp3) is 1.00. The second kappa shape index (κ2) is 9.47. The lowest BCUT2D eigenvalue weighted by Crippen LogP contribution is -2.34. The molecule has 2 heteroatoms. The first-order valence-electron chi connectivity index (χ1n) is 6.14. The highest BCUT2D eigenvalue weighted by molar-refractivity contribution is 4.66. The van der Waals surface area contributed by atoms with Gasteiger partial charge in [0.2, 0.25) is 0 Å². The third kappa shape index (κ3) is 6.39. The number of hydrogen-bond donors (Lipinski definition) is 1. The molecule has 0 aromatic rings. The van der Waals surface area contributed by atoms with Crippen molar-refractivity contribution < 1.29 is 0 Å². The molecule has 0 rings (SSSR count). The monoisotopic (exact) mass is 200 g/mol. The van der Waals surface area contributed by atoms with Crippen LogP contribution in [0.2, 0.25) is 0 Å². The Morgan fingerprint density at radius 2 is 1.93 bits per heavy atom. The Morgan fingerprint density at radius 3 is 2.43 bits per heavy atom. The van der Waals surface area contributed by atoms with Gasteiger partial charge in [0.15, 0.2) is 0 Å². The second-order valence-corrected chi connectivity index (χ2v) is 4.08. The predicted octanol–water partition coefficient (Wildman–Crippen LogP) is 2.50. The van der Waals surface area contributed by atoms with Gasteiger partial charge in [0.05, 0.1) is 0 Å². The molecule has 0 bridgehead atoms. The van der Waals surface area contributed by atoms with Gasteiger partial charge in [0, 0.05) is 6.04 Å². The number of hydrogen-bond acceptors (Lipinski definition) is 2. The highest BCUT2D eigenvalue weighted by Crippen LogP contribution is 2.07. The van der Waals surface area contributed by atoms with Crippen molar-refractivity contribution in [2.75, 3.05) is 26.7 Å². The number of nitrogens with one attached hydrogen (secondary N) is 1. The molecule has 0 heterocycles. The summed E-state index contributed by atoms with van der Waals surface area (Å²) in [6, 6.07) is 0.750. The molecule has 14 heavy (non-hydrogen) atoms. The van der Waals surface area contributed by atoms with Gasteiger partial charge in [-0.2, -0.15) is 0 Å². The summed E-state index contributed by atoms with van der Waals surface area (Å²) in [6.07, 6.45) is 5.25. The van der Waals surface area contributed by atoms with Crippen molar-refractivity contribution >= 4 is 0 Å². The Labute approximate surface area is 90.1 Å². The normalized spacial score (nSPS) is 13.5. The SMILES string of the molecule is CCCCN(CC)C(C)CCCNC. The molecule has 0 amide bonds. The van der Waals surface area contributed by atoms with Crippen LogP contribution in [0.3, 0.4) is 0 Å². The number of nitrogens with zero attached hydrogens (tertiary/aromatic N) is 1. The van der Waals surface area contributed by atoms with Crippen molar-refractivity contribution in [3.63, 3.8) is 0 Å². The zero-order chi connectivity index (χ0) is 10.8. The molecule has 0 aromatic heterocycles. The minimum atomic E-state index is 0.750. The maximum absolute atomic E-state index is 3.20. The molecular formula is C12H28N2. The molecule has 0 radical (unpaired) electrons. The van der Waals surface area contributed by atoms with E-state index in [0.717, 1.165) is 12.6 Å². The fourth-order valence-corrected chi connectivity index (χ4v) is 1.81. The van der Waals surface area contributed by atoms with Gasteiger partial charge in [-0.05, 0) is 52.9 Å². The highest BCUT2D eigenvalue weighted by Gasteiger charge is 2.10. The maximum atomic E-state index is 3.20. The molecule has 86 valence electrons. The van der Waals surface area contributed by atoms with E-state index in [4.69, 9.17) is 0 Å². The summed E-state index contributed by atoms with van der Waals surface area (Å²) >= 11 is 0. The molecule has 1 N–H and O–H groups in total. The van der Waals surface area contributed by atoms with Gasteiger partial charge < -0.3 is 10.2 Å². The summed E-state index contributed by atoms with van der Waals surface area (Å²) in [4.78, 5) is 2.60. The quantitative estimate of drug-likeness (QED) is 0.575. The molecular weight excluding hydrogens is 172 g/mol. The van der Waals surface area contributed by atoms with E-state index in [2.05, 4.69) is 31.0 Å². The summed E-state index contributed by atoms with van der Waals surface area (Å²) in [5, 5.41) is 3.20. The Morgan fingerprint density at radius 1 is 1.21 bits per heavy atom. The summed E-state index contributed by atoms with van der Waals surface area (Å²) in [5.74, 6) is 0. The molecule has 0 aromatic carbocycles. The fourth-order valence-electron chi connectivity index (χ4n) is 1.81. The molecule has 0 aliphatic rings. The molecule has 0 saturated heterocycles. The Kier molecular flexibility index (Phi) is 9.42. The van der Waals surface area contributed by atoms with Gasteiger partial charge in [0.1, 0.15) is 0 Å². The predicted molar refractivity (Wildman–Crippen MR) is 64.8 cm³/mol. The first-order valence-corrected chi connectivity index (χ1v) is 6.14. The van der Waals surface area contributed by atoms with Gasteiger partial charge in [-0.25, -0.2) is 0 Å². The Hall–Kier alpha value is -0.0800. The smallest absolute Gasteiger partial charge is 0.00672 e. The molecule has 2 nitrogen and oxygen atoms in total. The van der Waals surface area contributed by atoms with Crippen LogP contribution in [0.4, 0.5) is 0 Å². The van der Waals surface area contributed by atoms with Crippen LogP contribution in [0.1, 0.15) is 46.5 Å². The standard InChI is InChI=1S/C12H28N2/c1-5-7-11-14(6-2)12(3)9-8-10-13-4/h12-13H,5-11H2,1-4H3. The minimum absolute atomic E-state index is 0.750. The Bertz CT molecular complexity index is 115. The van der Waals surface area contributed by atoms with Crippen LogP contribution in [0.15, 0.2) is 0 Å². The zero-order valence-electron chi connectivity index (χ0n) is 10.5. The summed E-state index contributed by atoms with van der Waals surface area (Å²) < 4.78 is 0. The van der Waals surface area contributed by atoms with E-state index in [0.29, 0.717) is 0 Å². The van der Waals surface area contributed by atoms with Crippen LogP contribution in [-0.4, -0.2) is 37.6 Å². The summed E-state index contributed by atoms with van der Waals surface area (Å²) in [6.45, 7) is 10.5. The van der Waals surface area contributed by atoms with Crippen LogP contribution in [0.25, 0.3) is 0 Å². The Balaban J connectivity index is 3.61. The zero-order valence-corrected chi connectivity index (χ0v) is 10.5. The van der Waals surface area contributed by atoms with E-state index in [1.165, 1.54) is 38.8 Å². The average molecular weight is 200 g/mol. The average Bonchev–Trinajstić information content (AvgIpc) is 2.19. The van der Waals surface area contributed by atoms with Crippen molar-refractivity contribution in [2.45, 2.75) is 52.5 Å². The van der Waals surface area contributed by atoms with Crippen LogP contribution < -0.4 is 5.32 Å². The first kappa shape index (κ1) is 13.9. The van der Waals surface area contributed by atoms with E-state index in [-0.39, 0.29) is 0 Å². The molecule has 1 atom stereocenters. The maximum Gasteiger partial charge on any atom is 0.00672 e. The van der Waals surface area contributed by atoms with E-state index in [1.54, 1.807) is 0 Å². The van der Waals surface area contributed by atoms with E-state index in [1.807, 2.05) is 7.05 Å². The third-order valence-corrected chi connectivity index (χ3v) is 2.88. The second-order valence-electron chi connectivity index (χ2n) is 4.08. The number of rotatable bonds is 9. The minimum Gasteiger partial charge on any atom is -0.320 e. The lowest BCUT2D eigenvalue weighted by Gasteiger charge is -2.27. The molecule has 0 aliphatic heterocycles. The van der Waals surface area contributed by atoms with Gasteiger partial charge in [-0.15, -0.1) is 0 Å². The van der Waals surface area contributed by atoms with Crippen LogP contribution >= 0.6 is 0 Å². The van der Waals surface area contributed by atoms with E-state index < -0.39 is 0 Å².